The molecule has 0 spiro atoms. The van der Waals surface area contributed by atoms with Gasteiger partial charge in [-0.2, -0.15) is 0 Å². The summed E-state index contributed by atoms with van der Waals surface area (Å²) >= 11 is 0. The lowest BCUT2D eigenvalue weighted by Gasteiger charge is -2.08. The Kier molecular flexibility index (Phi) is 4.09. The summed E-state index contributed by atoms with van der Waals surface area (Å²) in [7, 11) is 0. The van der Waals surface area contributed by atoms with Crippen LogP contribution in [0.5, 0.6) is 0 Å². The smallest absolute Gasteiger partial charge is 0.338 e. The third-order valence-electron chi connectivity index (χ3n) is 0.880. The molecule has 0 aromatic rings. The van der Waals surface area contributed by atoms with E-state index in [4.69, 9.17) is 10.9 Å². The minimum absolute atomic E-state index is 0.163. The maximum absolute atomic E-state index is 10.1. The molecule has 0 fully saturated rings. The van der Waals surface area contributed by atoms with E-state index < -0.39 is 6.03 Å². The fourth-order valence-electron chi connectivity index (χ4n) is 0.397. The predicted molar refractivity (Wildman–Crippen MR) is 36.1 cm³/mol. The molecule has 0 radical (unpaired) electrons. The Hall–Kier alpha value is -1.21. The summed E-state index contributed by atoms with van der Waals surface area (Å²) < 4.78 is 0. The van der Waals surface area contributed by atoms with Crippen LogP contribution in [0.2, 0.25) is 0 Å². The number of amides is 2. The van der Waals surface area contributed by atoms with Crippen LogP contribution in [0.4, 0.5) is 4.79 Å². The number of urea groups is 1. The van der Waals surface area contributed by atoms with Gasteiger partial charge in [-0.25, -0.2) is 9.86 Å². The Bertz CT molecular complexity index is 168. The van der Waals surface area contributed by atoms with Crippen LogP contribution in [0, 0.1) is 11.8 Å². The zero-order chi connectivity index (χ0) is 7.98. The quantitative estimate of drug-likeness (QED) is 0.328. The molecule has 4 nitrogen and oxygen atoms in total. The summed E-state index contributed by atoms with van der Waals surface area (Å²) in [4.78, 5) is 10.1. The van der Waals surface area contributed by atoms with Gasteiger partial charge in [0.05, 0.1) is 6.54 Å². The molecule has 0 saturated heterocycles. The van der Waals surface area contributed by atoms with Crippen molar-refractivity contribution in [2.75, 3.05) is 6.54 Å². The molecule has 0 aromatic carbocycles. The first-order valence-electron chi connectivity index (χ1n) is 2.84. The molecular weight excluding hydrogens is 132 g/mol. The van der Waals surface area contributed by atoms with Crippen LogP contribution in [0.1, 0.15) is 13.3 Å². The van der Waals surface area contributed by atoms with Crippen LogP contribution in [-0.4, -0.2) is 22.8 Å². The highest BCUT2D eigenvalue weighted by Gasteiger charge is 2.01. The number of hydrogen-bond acceptors (Lipinski definition) is 2. The Balaban J connectivity index is 3.46. The molecule has 4 heteroatoms. The van der Waals surface area contributed by atoms with Gasteiger partial charge in [0.15, 0.2) is 0 Å². The summed E-state index contributed by atoms with van der Waals surface area (Å²) in [5, 5.41) is 9.08. The van der Waals surface area contributed by atoms with Crippen LogP contribution < -0.4 is 5.73 Å². The average molecular weight is 142 g/mol. The largest absolute Gasteiger partial charge is 0.350 e. The van der Waals surface area contributed by atoms with Gasteiger partial charge in [0.2, 0.25) is 0 Å². The maximum Gasteiger partial charge on any atom is 0.338 e. The molecule has 0 aliphatic heterocycles. The molecule has 0 aromatic heterocycles. The standard InChI is InChI=1S/C6H10N2O2/c1-2-3-4-5-8(10)6(7)9/h10H,4-5H2,1H3,(H2,7,9). The van der Waals surface area contributed by atoms with E-state index in [1.165, 1.54) is 0 Å². The van der Waals surface area contributed by atoms with Crippen molar-refractivity contribution in [2.45, 2.75) is 13.3 Å². The molecule has 0 unspecified atom stereocenters. The van der Waals surface area contributed by atoms with E-state index in [-0.39, 0.29) is 6.54 Å². The Morgan fingerprint density at radius 3 is 2.80 bits per heavy atom. The topological polar surface area (TPSA) is 66.6 Å². The summed E-state index contributed by atoms with van der Waals surface area (Å²) in [5.41, 5.74) is 4.71. The van der Waals surface area contributed by atoms with E-state index in [2.05, 4.69) is 11.8 Å². The number of rotatable bonds is 2. The van der Waals surface area contributed by atoms with Crippen molar-refractivity contribution < 1.29 is 10.0 Å². The number of primary amides is 1. The van der Waals surface area contributed by atoms with E-state index >= 15 is 0 Å². The van der Waals surface area contributed by atoms with Gasteiger partial charge in [0.1, 0.15) is 0 Å². The van der Waals surface area contributed by atoms with Crippen molar-refractivity contribution in [3.05, 3.63) is 0 Å². The predicted octanol–water partition coefficient (Wildman–Crippen LogP) is 0.170. The monoisotopic (exact) mass is 142 g/mol. The maximum atomic E-state index is 10.1. The molecular formula is C6H10N2O2. The zero-order valence-electron chi connectivity index (χ0n) is 5.79. The lowest BCUT2D eigenvalue weighted by atomic mass is 10.4. The van der Waals surface area contributed by atoms with E-state index in [0.717, 1.165) is 0 Å². The fraction of sp³-hybridized carbons (Fsp3) is 0.500. The lowest BCUT2D eigenvalue weighted by Crippen LogP contribution is -2.33. The number of carbonyl (C=O) groups is 1. The molecule has 0 saturated carbocycles. The third kappa shape index (κ3) is 3.75. The summed E-state index contributed by atoms with van der Waals surface area (Å²) in [6.45, 7) is 1.85. The molecule has 0 atom stereocenters. The highest BCUT2D eigenvalue weighted by molar-refractivity contribution is 5.70. The Morgan fingerprint density at radius 2 is 2.40 bits per heavy atom. The van der Waals surface area contributed by atoms with E-state index in [1.54, 1.807) is 6.92 Å². The van der Waals surface area contributed by atoms with Crippen molar-refractivity contribution >= 4 is 6.03 Å². The number of hydrogen-bond donors (Lipinski definition) is 2. The van der Waals surface area contributed by atoms with Crippen molar-refractivity contribution in [2.24, 2.45) is 5.73 Å². The summed E-state index contributed by atoms with van der Waals surface area (Å²) in [6, 6.07) is -0.849. The van der Waals surface area contributed by atoms with Crippen molar-refractivity contribution in [1.29, 1.82) is 0 Å². The molecule has 0 heterocycles. The van der Waals surface area contributed by atoms with Gasteiger partial charge in [-0.05, 0) is 6.92 Å². The first-order chi connectivity index (χ1) is 4.68. The number of nitrogens with two attached hydrogens (primary N) is 1. The molecule has 3 N–H and O–H groups in total. The van der Waals surface area contributed by atoms with E-state index in [0.29, 0.717) is 11.5 Å². The Morgan fingerprint density at radius 1 is 1.80 bits per heavy atom. The van der Waals surface area contributed by atoms with Gasteiger partial charge in [-0.15, -0.1) is 11.8 Å². The second kappa shape index (κ2) is 4.65. The van der Waals surface area contributed by atoms with E-state index in [1.807, 2.05) is 0 Å². The molecule has 0 aliphatic rings. The van der Waals surface area contributed by atoms with Gasteiger partial charge in [0, 0.05) is 6.42 Å². The third-order valence-corrected chi connectivity index (χ3v) is 0.880. The van der Waals surface area contributed by atoms with Crippen molar-refractivity contribution in [3.63, 3.8) is 0 Å². The normalized spacial score (nSPS) is 7.80. The van der Waals surface area contributed by atoms with Crippen LogP contribution >= 0.6 is 0 Å². The number of hydroxylamine groups is 2. The highest BCUT2D eigenvalue weighted by atomic mass is 16.5. The summed E-state index contributed by atoms with van der Waals surface area (Å²) in [5.74, 6) is 5.30. The van der Waals surface area contributed by atoms with Crippen LogP contribution in [0.15, 0.2) is 0 Å². The summed E-state index contributed by atoms with van der Waals surface area (Å²) in [6.07, 6.45) is 0.440. The van der Waals surface area contributed by atoms with Crippen LogP contribution in [0.3, 0.4) is 0 Å². The molecule has 0 bridgehead atoms. The first kappa shape index (κ1) is 8.79. The minimum Gasteiger partial charge on any atom is -0.350 e. The molecule has 2 amide bonds. The zero-order valence-corrected chi connectivity index (χ0v) is 5.79. The second-order valence-electron chi connectivity index (χ2n) is 1.64. The first-order valence-corrected chi connectivity index (χ1v) is 2.84. The molecule has 10 heavy (non-hydrogen) atoms. The van der Waals surface area contributed by atoms with Crippen molar-refractivity contribution in [3.8, 4) is 11.8 Å². The van der Waals surface area contributed by atoms with Gasteiger partial charge >= 0.3 is 6.03 Å². The number of nitrogens with zero attached hydrogens (tertiary/aromatic N) is 1. The highest BCUT2D eigenvalue weighted by Crippen LogP contribution is 1.83. The SMILES string of the molecule is CC#CCCN(O)C(N)=O. The van der Waals surface area contributed by atoms with Crippen LogP contribution in [-0.2, 0) is 0 Å². The minimum atomic E-state index is -0.849. The lowest BCUT2D eigenvalue weighted by molar-refractivity contribution is -0.0372. The average Bonchev–Trinajstić information content (AvgIpc) is 1.88. The molecule has 0 aliphatic carbocycles. The number of carbonyl (C=O) groups excluding carboxylic acids is 1. The molecule has 56 valence electrons. The van der Waals surface area contributed by atoms with Crippen molar-refractivity contribution in [1.82, 2.24) is 5.06 Å². The fourth-order valence-corrected chi connectivity index (χ4v) is 0.397. The van der Waals surface area contributed by atoms with E-state index in [9.17, 15) is 4.79 Å². The Labute approximate surface area is 59.6 Å². The van der Waals surface area contributed by atoms with Crippen LogP contribution in [0.25, 0.3) is 0 Å². The van der Waals surface area contributed by atoms with Gasteiger partial charge in [0.25, 0.3) is 0 Å². The molecule has 0 rings (SSSR count). The second-order valence-corrected chi connectivity index (χ2v) is 1.64. The van der Waals surface area contributed by atoms with Gasteiger partial charge in [-0.1, -0.05) is 0 Å². The van der Waals surface area contributed by atoms with Gasteiger partial charge in [-0.3, -0.25) is 5.21 Å². The van der Waals surface area contributed by atoms with Gasteiger partial charge < -0.3 is 5.73 Å².